The Morgan fingerprint density at radius 1 is 1.29 bits per heavy atom. The molecule has 3 heterocycles. The number of fused-ring (bicyclic) bond motifs is 1. The maximum atomic E-state index is 12.5. The molecule has 1 aromatic carbocycles. The number of hydrogen-bond acceptors (Lipinski definition) is 4. The lowest BCUT2D eigenvalue weighted by Crippen LogP contribution is -2.39. The first-order valence-corrected chi connectivity index (χ1v) is 9.27. The van der Waals surface area contributed by atoms with Crippen molar-refractivity contribution in [3.8, 4) is 0 Å². The minimum absolute atomic E-state index is 0.220. The maximum Gasteiger partial charge on any atom is 0.223 e. The van der Waals surface area contributed by atoms with Crippen LogP contribution in [0.2, 0.25) is 0 Å². The van der Waals surface area contributed by atoms with Crippen LogP contribution in [0.4, 0.5) is 0 Å². The molecule has 1 unspecified atom stereocenters. The number of carbonyl (C=O) groups excluding carboxylic acids is 1. The second-order valence-corrected chi connectivity index (χ2v) is 7.34. The summed E-state index contributed by atoms with van der Waals surface area (Å²) in [5.74, 6) is 1.46. The summed E-state index contributed by atoms with van der Waals surface area (Å²) < 4.78 is 6.55. The summed E-state index contributed by atoms with van der Waals surface area (Å²) in [6.07, 6.45) is 5.01. The Hall–Kier alpha value is -2.14. The Balaban J connectivity index is 1.42. The third-order valence-corrected chi connectivity index (χ3v) is 5.80. The van der Waals surface area contributed by atoms with Gasteiger partial charge in [0.1, 0.15) is 5.76 Å². The highest BCUT2D eigenvalue weighted by atomic mass is 32.1. The number of amides is 1. The number of hydrogen-bond donors (Lipinski definition) is 0. The standard InChI is InChI=1S/C19H20N2O2S/c22-18(10-9-15-6-4-12-23-15)21-11-3-5-14(13-21)19-20-16-7-1-2-8-17(16)24-19/h1-2,4,6-8,12,14H,3,5,9-11,13H2. The molecule has 1 saturated heterocycles. The van der Waals surface area contributed by atoms with Crippen molar-refractivity contribution in [3.63, 3.8) is 0 Å². The molecular formula is C19H20N2O2S. The van der Waals surface area contributed by atoms with E-state index in [2.05, 4.69) is 18.2 Å². The summed E-state index contributed by atoms with van der Waals surface area (Å²) in [6, 6.07) is 12.0. The van der Waals surface area contributed by atoms with Gasteiger partial charge in [-0.05, 0) is 37.1 Å². The number of rotatable bonds is 4. The van der Waals surface area contributed by atoms with Gasteiger partial charge in [-0.25, -0.2) is 4.98 Å². The van der Waals surface area contributed by atoms with Crippen LogP contribution in [0.25, 0.3) is 10.2 Å². The van der Waals surface area contributed by atoms with Gasteiger partial charge < -0.3 is 9.32 Å². The van der Waals surface area contributed by atoms with Crippen LogP contribution in [0, 0.1) is 0 Å². The number of aromatic nitrogens is 1. The summed E-state index contributed by atoms with van der Waals surface area (Å²) >= 11 is 1.76. The summed E-state index contributed by atoms with van der Waals surface area (Å²) in [6.45, 7) is 1.65. The maximum absolute atomic E-state index is 12.5. The third kappa shape index (κ3) is 3.22. The average Bonchev–Trinajstić information content (AvgIpc) is 3.29. The number of furan rings is 1. The molecule has 124 valence electrons. The zero-order chi connectivity index (χ0) is 16.4. The molecule has 4 rings (SSSR count). The molecule has 5 heteroatoms. The average molecular weight is 340 g/mol. The molecule has 4 nitrogen and oxygen atoms in total. The van der Waals surface area contributed by atoms with Crippen LogP contribution in [0.15, 0.2) is 47.1 Å². The number of piperidine rings is 1. The molecule has 0 bridgehead atoms. The highest BCUT2D eigenvalue weighted by Gasteiger charge is 2.26. The first kappa shape index (κ1) is 15.4. The van der Waals surface area contributed by atoms with Gasteiger partial charge in [0, 0.05) is 31.8 Å². The minimum atomic E-state index is 0.220. The largest absolute Gasteiger partial charge is 0.469 e. The molecule has 0 radical (unpaired) electrons. The SMILES string of the molecule is O=C(CCc1ccco1)N1CCCC(c2nc3ccccc3s2)C1. The highest BCUT2D eigenvalue weighted by Crippen LogP contribution is 2.33. The van der Waals surface area contributed by atoms with Crippen LogP contribution in [0.3, 0.4) is 0 Å². The molecule has 0 aliphatic carbocycles. The number of thiazole rings is 1. The highest BCUT2D eigenvalue weighted by molar-refractivity contribution is 7.18. The van der Waals surface area contributed by atoms with E-state index < -0.39 is 0 Å². The number of para-hydroxylation sites is 1. The normalized spacial score (nSPS) is 18.2. The second kappa shape index (κ2) is 6.77. The van der Waals surface area contributed by atoms with Crippen LogP contribution >= 0.6 is 11.3 Å². The van der Waals surface area contributed by atoms with E-state index in [1.165, 1.54) is 9.71 Å². The predicted molar refractivity (Wildman–Crippen MR) is 95.2 cm³/mol. The van der Waals surface area contributed by atoms with Gasteiger partial charge in [0.2, 0.25) is 5.91 Å². The van der Waals surface area contributed by atoms with Gasteiger partial charge in [-0.15, -0.1) is 11.3 Å². The first-order chi connectivity index (χ1) is 11.8. The van der Waals surface area contributed by atoms with E-state index in [4.69, 9.17) is 9.40 Å². The van der Waals surface area contributed by atoms with Gasteiger partial charge in [-0.1, -0.05) is 12.1 Å². The molecule has 1 aliphatic rings. The molecule has 2 aromatic heterocycles. The lowest BCUT2D eigenvalue weighted by atomic mass is 9.98. The molecule has 1 fully saturated rings. The van der Waals surface area contributed by atoms with Crippen LogP contribution in [0.5, 0.6) is 0 Å². The van der Waals surface area contributed by atoms with E-state index >= 15 is 0 Å². The van der Waals surface area contributed by atoms with E-state index in [1.807, 2.05) is 23.1 Å². The number of nitrogens with zero attached hydrogens (tertiary/aromatic N) is 2. The third-order valence-electron chi connectivity index (χ3n) is 4.60. The van der Waals surface area contributed by atoms with Gasteiger partial charge in [-0.3, -0.25) is 4.79 Å². The fourth-order valence-electron chi connectivity index (χ4n) is 3.31. The van der Waals surface area contributed by atoms with Crippen molar-refractivity contribution in [1.29, 1.82) is 0 Å². The zero-order valence-corrected chi connectivity index (χ0v) is 14.3. The van der Waals surface area contributed by atoms with Crippen LogP contribution < -0.4 is 0 Å². The quantitative estimate of drug-likeness (QED) is 0.714. The molecule has 1 atom stereocenters. The van der Waals surface area contributed by atoms with Crippen molar-refractivity contribution in [2.75, 3.05) is 13.1 Å². The molecule has 0 spiro atoms. The van der Waals surface area contributed by atoms with Crippen LogP contribution in [-0.4, -0.2) is 28.9 Å². The summed E-state index contributed by atoms with van der Waals surface area (Å²) in [4.78, 5) is 19.3. The van der Waals surface area contributed by atoms with Crippen molar-refractivity contribution >= 4 is 27.5 Å². The number of carbonyl (C=O) groups is 1. The number of benzene rings is 1. The summed E-state index contributed by atoms with van der Waals surface area (Å²) in [5.41, 5.74) is 1.07. The Labute approximate surface area is 145 Å². The molecule has 0 saturated carbocycles. The summed E-state index contributed by atoms with van der Waals surface area (Å²) in [7, 11) is 0. The van der Waals surface area contributed by atoms with E-state index in [9.17, 15) is 4.79 Å². The van der Waals surface area contributed by atoms with Gasteiger partial charge in [0.15, 0.2) is 0 Å². The van der Waals surface area contributed by atoms with Gasteiger partial charge >= 0.3 is 0 Å². The smallest absolute Gasteiger partial charge is 0.223 e. The fourth-order valence-corrected chi connectivity index (χ4v) is 4.41. The Morgan fingerprint density at radius 3 is 3.04 bits per heavy atom. The topological polar surface area (TPSA) is 46.3 Å². The van der Waals surface area contributed by atoms with Gasteiger partial charge in [-0.2, -0.15) is 0 Å². The van der Waals surface area contributed by atoms with E-state index in [0.29, 0.717) is 18.8 Å². The van der Waals surface area contributed by atoms with Crippen molar-refractivity contribution in [2.24, 2.45) is 0 Å². The Morgan fingerprint density at radius 2 is 2.21 bits per heavy atom. The molecule has 0 N–H and O–H groups in total. The van der Waals surface area contributed by atoms with Gasteiger partial charge in [0.05, 0.1) is 21.5 Å². The lowest BCUT2D eigenvalue weighted by molar-refractivity contribution is -0.132. The monoisotopic (exact) mass is 340 g/mol. The number of likely N-dealkylation sites (tertiary alicyclic amines) is 1. The van der Waals surface area contributed by atoms with Gasteiger partial charge in [0.25, 0.3) is 0 Å². The molecular weight excluding hydrogens is 320 g/mol. The second-order valence-electron chi connectivity index (χ2n) is 6.28. The van der Waals surface area contributed by atoms with Crippen molar-refractivity contribution in [1.82, 2.24) is 9.88 Å². The Bertz CT molecular complexity index is 792. The van der Waals surface area contributed by atoms with Crippen LogP contribution in [0.1, 0.15) is 35.9 Å². The van der Waals surface area contributed by atoms with Crippen molar-refractivity contribution in [3.05, 3.63) is 53.4 Å². The summed E-state index contributed by atoms with van der Waals surface area (Å²) in [5, 5.41) is 1.17. The fraction of sp³-hybridized carbons (Fsp3) is 0.368. The lowest BCUT2D eigenvalue weighted by Gasteiger charge is -2.31. The zero-order valence-electron chi connectivity index (χ0n) is 13.5. The van der Waals surface area contributed by atoms with E-state index in [1.54, 1.807) is 17.6 Å². The van der Waals surface area contributed by atoms with E-state index in [-0.39, 0.29) is 5.91 Å². The Kier molecular flexibility index (Phi) is 4.34. The molecule has 24 heavy (non-hydrogen) atoms. The minimum Gasteiger partial charge on any atom is -0.469 e. The molecule has 3 aromatic rings. The van der Waals surface area contributed by atoms with Crippen LogP contribution in [-0.2, 0) is 11.2 Å². The molecule has 1 amide bonds. The van der Waals surface area contributed by atoms with E-state index in [0.717, 1.165) is 37.2 Å². The van der Waals surface area contributed by atoms with Crippen molar-refractivity contribution < 1.29 is 9.21 Å². The predicted octanol–water partition coefficient (Wildman–Crippen LogP) is 4.23. The first-order valence-electron chi connectivity index (χ1n) is 8.45. The molecule has 1 aliphatic heterocycles. The number of aryl methyl sites for hydroxylation is 1. The van der Waals surface area contributed by atoms with Crippen molar-refractivity contribution in [2.45, 2.75) is 31.6 Å².